The SMILES string of the molecule is CN(C)c1nccc(NC2CCCN(Cc3c(F)cncc3F)C2)n1. The van der Waals surface area contributed by atoms with E-state index in [-0.39, 0.29) is 18.2 Å². The van der Waals surface area contributed by atoms with Crippen LogP contribution in [0.3, 0.4) is 0 Å². The lowest BCUT2D eigenvalue weighted by Crippen LogP contribution is -2.42. The van der Waals surface area contributed by atoms with Crippen LogP contribution in [0, 0.1) is 11.6 Å². The average Bonchev–Trinajstić information content (AvgIpc) is 2.59. The Kier molecular flexibility index (Phi) is 5.37. The molecule has 1 aliphatic heterocycles. The van der Waals surface area contributed by atoms with Gasteiger partial charge in [0, 0.05) is 45.0 Å². The van der Waals surface area contributed by atoms with E-state index in [2.05, 4.69) is 25.2 Å². The molecule has 134 valence electrons. The van der Waals surface area contributed by atoms with Crippen molar-refractivity contribution in [3.63, 3.8) is 0 Å². The lowest BCUT2D eigenvalue weighted by atomic mass is 10.0. The summed E-state index contributed by atoms with van der Waals surface area (Å²) in [6.45, 7) is 1.75. The first-order valence-corrected chi connectivity index (χ1v) is 8.30. The van der Waals surface area contributed by atoms with Crippen LogP contribution in [0.15, 0.2) is 24.7 Å². The minimum atomic E-state index is -0.596. The molecule has 1 atom stereocenters. The second-order valence-corrected chi connectivity index (χ2v) is 6.44. The first kappa shape index (κ1) is 17.5. The summed E-state index contributed by atoms with van der Waals surface area (Å²) in [5.41, 5.74) is 0.0765. The molecule has 3 rings (SSSR count). The normalized spacial score (nSPS) is 18.2. The maximum atomic E-state index is 13.8. The summed E-state index contributed by atoms with van der Waals surface area (Å²) < 4.78 is 27.6. The molecule has 1 saturated heterocycles. The highest BCUT2D eigenvalue weighted by atomic mass is 19.1. The molecule has 0 aromatic carbocycles. The van der Waals surface area contributed by atoms with Gasteiger partial charge in [0.05, 0.1) is 12.4 Å². The highest BCUT2D eigenvalue weighted by Crippen LogP contribution is 2.20. The summed E-state index contributed by atoms with van der Waals surface area (Å²) in [4.78, 5) is 16.1. The summed E-state index contributed by atoms with van der Waals surface area (Å²) in [7, 11) is 3.78. The molecule has 0 radical (unpaired) electrons. The van der Waals surface area contributed by atoms with E-state index in [9.17, 15) is 8.78 Å². The number of nitrogens with zero attached hydrogens (tertiary/aromatic N) is 5. The molecule has 2 aromatic rings. The predicted octanol–water partition coefficient (Wildman–Crippen LogP) is 2.29. The van der Waals surface area contributed by atoms with Crippen LogP contribution >= 0.6 is 0 Å². The Balaban J connectivity index is 1.64. The molecule has 0 spiro atoms. The van der Waals surface area contributed by atoms with Gasteiger partial charge in [0.1, 0.15) is 17.5 Å². The Morgan fingerprint density at radius 2 is 2.04 bits per heavy atom. The standard InChI is InChI=1S/C17H22F2N6/c1-24(2)17-21-6-5-16(23-17)22-12-4-3-7-25(10-12)11-13-14(18)8-20-9-15(13)19/h5-6,8-9,12H,3-4,7,10-11H2,1-2H3,(H,21,22,23). The molecule has 0 bridgehead atoms. The van der Waals surface area contributed by atoms with Gasteiger partial charge < -0.3 is 10.2 Å². The van der Waals surface area contributed by atoms with E-state index >= 15 is 0 Å². The smallest absolute Gasteiger partial charge is 0.226 e. The van der Waals surface area contributed by atoms with Gasteiger partial charge in [-0.3, -0.25) is 9.88 Å². The molecule has 1 N–H and O–H groups in total. The topological polar surface area (TPSA) is 57.2 Å². The Hall–Kier alpha value is -2.35. The number of likely N-dealkylation sites (tertiary alicyclic amines) is 1. The minimum Gasteiger partial charge on any atom is -0.366 e. The molecule has 0 aliphatic carbocycles. The fourth-order valence-corrected chi connectivity index (χ4v) is 2.98. The van der Waals surface area contributed by atoms with Gasteiger partial charge in [-0.1, -0.05) is 0 Å². The Bertz CT molecular complexity index is 704. The molecule has 6 nitrogen and oxygen atoms in total. The third-order valence-corrected chi connectivity index (χ3v) is 4.23. The van der Waals surface area contributed by atoms with Gasteiger partial charge in [0.15, 0.2) is 0 Å². The molecule has 0 saturated carbocycles. The second kappa shape index (κ2) is 7.69. The molecule has 1 unspecified atom stereocenters. The molecule has 3 heterocycles. The molecule has 1 fully saturated rings. The van der Waals surface area contributed by atoms with Crippen LogP contribution in [0.1, 0.15) is 18.4 Å². The number of hydrogen-bond acceptors (Lipinski definition) is 6. The van der Waals surface area contributed by atoms with Gasteiger partial charge >= 0.3 is 0 Å². The highest BCUT2D eigenvalue weighted by molar-refractivity contribution is 5.41. The van der Waals surface area contributed by atoms with Crippen molar-refractivity contribution in [2.24, 2.45) is 0 Å². The van der Waals surface area contributed by atoms with E-state index in [1.807, 2.05) is 25.1 Å². The van der Waals surface area contributed by atoms with Gasteiger partial charge in [-0.15, -0.1) is 0 Å². The van der Waals surface area contributed by atoms with Crippen LogP contribution in [0.25, 0.3) is 0 Å². The van der Waals surface area contributed by atoms with E-state index in [1.54, 1.807) is 6.20 Å². The van der Waals surface area contributed by atoms with Crippen molar-refractivity contribution < 1.29 is 8.78 Å². The Morgan fingerprint density at radius 3 is 2.76 bits per heavy atom. The zero-order valence-corrected chi connectivity index (χ0v) is 14.4. The molecule has 8 heteroatoms. The van der Waals surface area contributed by atoms with Crippen LogP contribution < -0.4 is 10.2 Å². The Morgan fingerprint density at radius 1 is 1.28 bits per heavy atom. The Labute approximate surface area is 145 Å². The van der Waals surface area contributed by atoms with Gasteiger partial charge in [-0.2, -0.15) is 4.98 Å². The van der Waals surface area contributed by atoms with Crippen LogP contribution in [-0.2, 0) is 6.54 Å². The molecule has 25 heavy (non-hydrogen) atoms. The summed E-state index contributed by atoms with van der Waals surface area (Å²) >= 11 is 0. The lowest BCUT2D eigenvalue weighted by Gasteiger charge is -2.33. The first-order chi connectivity index (χ1) is 12.0. The summed E-state index contributed by atoms with van der Waals surface area (Å²) in [5.74, 6) is 0.202. The van der Waals surface area contributed by atoms with Crippen LogP contribution in [0.2, 0.25) is 0 Å². The van der Waals surface area contributed by atoms with Crippen LogP contribution in [0.4, 0.5) is 20.5 Å². The number of piperidine rings is 1. The molecule has 0 amide bonds. The van der Waals surface area contributed by atoms with E-state index in [4.69, 9.17) is 0 Å². The fraction of sp³-hybridized carbons (Fsp3) is 0.471. The van der Waals surface area contributed by atoms with Crippen molar-refractivity contribution in [3.05, 3.63) is 41.9 Å². The molecular formula is C17H22F2N6. The van der Waals surface area contributed by atoms with Gasteiger partial charge in [-0.25, -0.2) is 13.8 Å². The van der Waals surface area contributed by atoms with Crippen molar-refractivity contribution in [3.8, 4) is 0 Å². The van der Waals surface area contributed by atoms with Crippen molar-refractivity contribution in [2.45, 2.75) is 25.4 Å². The number of rotatable bonds is 5. The molecule has 1 aliphatic rings. The monoisotopic (exact) mass is 348 g/mol. The van der Waals surface area contributed by atoms with E-state index in [0.29, 0.717) is 12.5 Å². The number of anilines is 2. The van der Waals surface area contributed by atoms with Gasteiger partial charge in [0.25, 0.3) is 0 Å². The summed E-state index contributed by atoms with van der Waals surface area (Å²) in [6.07, 6.45) is 5.77. The number of nitrogens with one attached hydrogen (secondary N) is 1. The zero-order chi connectivity index (χ0) is 17.8. The van der Waals surface area contributed by atoms with Crippen molar-refractivity contribution in [1.82, 2.24) is 19.9 Å². The zero-order valence-electron chi connectivity index (χ0n) is 14.4. The maximum absolute atomic E-state index is 13.8. The van der Waals surface area contributed by atoms with Gasteiger partial charge in [-0.05, 0) is 25.5 Å². The quantitative estimate of drug-likeness (QED) is 0.895. The molecular weight excluding hydrogens is 326 g/mol. The largest absolute Gasteiger partial charge is 0.366 e. The van der Waals surface area contributed by atoms with E-state index < -0.39 is 11.6 Å². The van der Waals surface area contributed by atoms with Crippen molar-refractivity contribution >= 4 is 11.8 Å². The average molecular weight is 348 g/mol. The summed E-state index contributed by atoms with van der Waals surface area (Å²) in [6, 6.07) is 2.00. The maximum Gasteiger partial charge on any atom is 0.226 e. The van der Waals surface area contributed by atoms with Gasteiger partial charge in [0.2, 0.25) is 5.95 Å². The minimum absolute atomic E-state index is 0.0765. The number of aromatic nitrogens is 3. The van der Waals surface area contributed by atoms with E-state index in [0.717, 1.165) is 37.6 Å². The predicted molar refractivity (Wildman–Crippen MR) is 92.4 cm³/mol. The highest BCUT2D eigenvalue weighted by Gasteiger charge is 2.22. The summed E-state index contributed by atoms with van der Waals surface area (Å²) in [5, 5.41) is 3.40. The third-order valence-electron chi connectivity index (χ3n) is 4.23. The molecule has 2 aromatic heterocycles. The number of halogens is 2. The van der Waals surface area contributed by atoms with Crippen LogP contribution in [0.5, 0.6) is 0 Å². The lowest BCUT2D eigenvalue weighted by molar-refractivity contribution is 0.203. The van der Waals surface area contributed by atoms with Crippen molar-refractivity contribution in [1.29, 1.82) is 0 Å². The fourth-order valence-electron chi connectivity index (χ4n) is 2.98. The number of hydrogen-bond donors (Lipinski definition) is 1. The third kappa shape index (κ3) is 4.39. The number of pyridine rings is 1. The first-order valence-electron chi connectivity index (χ1n) is 8.30. The van der Waals surface area contributed by atoms with Crippen molar-refractivity contribution in [2.75, 3.05) is 37.4 Å². The van der Waals surface area contributed by atoms with E-state index in [1.165, 1.54) is 0 Å². The van der Waals surface area contributed by atoms with Crippen LogP contribution in [-0.4, -0.2) is 53.1 Å². The second-order valence-electron chi connectivity index (χ2n) is 6.44.